The molecule has 0 atom stereocenters. The molecule has 0 bridgehead atoms. The number of methoxy groups -OCH3 is 6. The van der Waals surface area contributed by atoms with Gasteiger partial charge in [0.1, 0.15) is 34.5 Å². The Morgan fingerprint density at radius 2 is 0.730 bits per heavy atom. The van der Waals surface area contributed by atoms with Crippen LogP contribution in [0, 0.1) is 5.41 Å². The average Bonchev–Trinajstić information content (AvgIpc) is 2.91. The third kappa shape index (κ3) is 6.78. The molecule has 0 amide bonds. The van der Waals surface area contributed by atoms with E-state index in [4.69, 9.17) is 28.4 Å². The smallest absolute Gasteiger partial charge is 0.310 e. The molecule has 3 aromatic carbocycles. The van der Waals surface area contributed by atoms with Crippen molar-refractivity contribution in [3.05, 3.63) is 71.3 Å². The van der Waals surface area contributed by atoms with Crippen LogP contribution in [0.5, 0.6) is 34.5 Å². The predicted molar refractivity (Wildman–Crippen MR) is 140 cm³/mol. The van der Waals surface area contributed by atoms with E-state index in [-0.39, 0.29) is 19.3 Å². The van der Waals surface area contributed by atoms with Crippen molar-refractivity contribution in [3.63, 3.8) is 0 Å². The summed E-state index contributed by atoms with van der Waals surface area (Å²) >= 11 is 0. The van der Waals surface area contributed by atoms with E-state index < -0.39 is 11.4 Å². The Balaban J connectivity index is 2.17. The zero-order valence-electron chi connectivity index (χ0n) is 22.1. The van der Waals surface area contributed by atoms with Gasteiger partial charge in [-0.25, -0.2) is 0 Å². The zero-order chi connectivity index (χ0) is 27.0. The van der Waals surface area contributed by atoms with Crippen LogP contribution in [-0.2, 0) is 24.1 Å². The first kappa shape index (κ1) is 27.5. The first-order valence-electron chi connectivity index (χ1n) is 11.7. The van der Waals surface area contributed by atoms with Crippen LogP contribution in [0.4, 0.5) is 0 Å². The first-order chi connectivity index (χ1) is 17.8. The number of carboxylic acids is 1. The summed E-state index contributed by atoms with van der Waals surface area (Å²) in [5, 5.41) is 10.8. The molecule has 0 saturated carbocycles. The molecule has 3 rings (SSSR count). The molecular formula is C29H34O8. The van der Waals surface area contributed by atoms with Crippen LogP contribution in [-0.4, -0.2) is 53.7 Å². The Kier molecular flexibility index (Phi) is 9.11. The van der Waals surface area contributed by atoms with Crippen LogP contribution >= 0.6 is 0 Å². The minimum Gasteiger partial charge on any atom is -0.497 e. The summed E-state index contributed by atoms with van der Waals surface area (Å²) in [7, 11) is 9.38. The molecule has 8 heteroatoms. The summed E-state index contributed by atoms with van der Waals surface area (Å²) in [6.45, 7) is 0. The lowest BCUT2D eigenvalue weighted by Gasteiger charge is -2.31. The van der Waals surface area contributed by atoms with Crippen LogP contribution in [0.1, 0.15) is 16.7 Å². The molecule has 0 fully saturated rings. The molecule has 0 saturated heterocycles. The van der Waals surface area contributed by atoms with E-state index in [1.807, 2.05) is 36.4 Å². The summed E-state index contributed by atoms with van der Waals surface area (Å²) in [5.41, 5.74) is 1.04. The van der Waals surface area contributed by atoms with Gasteiger partial charge >= 0.3 is 5.97 Å². The number of carboxylic acid groups (broad SMARTS) is 1. The Bertz CT molecular complexity index is 1010. The van der Waals surface area contributed by atoms with E-state index in [0.29, 0.717) is 34.5 Å². The topological polar surface area (TPSA) is 92.7 Å². The summed E-state index contributed by atoms with van der Waals surface area (Å²) in [5.74, 6) is 2.55. The number of benzene rings is 3. The monoisotopic (exact) mass is 510 g/mol. The normalized spacial score (nSPS) is 11.0. The van der Waals surface area contributed by atoms with E-state index in [1.165, 1.54) is 0 Å². The van der Waals surface area contributed by atoms with Gasteiger partial charge in [0.25, 0.3) is 0 Å². The molecule has 37 heavy (non-hydrogen) atoms. The maximum absolute atomic E-state index is 13.2. The predicted octanol–water partition coefficient (Wildman–Crippen LogP) is 4.84. The molecular weight excluding hydrogens is 476 g/mol. The molecule has 0 heterocycles. The molecule has 1 N–H and O–H groups in total. The second kappa shape index (κ2) is 12.3. The van der Waals surface area contributed by atoms with Gasteiger partial charge < -0.3 is 33.5 Å². The zero-order valence-corrected chi connectivity index (χ0v) is 22.1. The van der Waals surface area contributed by atoms with Gasteiger partial charge in [-0.15, -0.1) is 0 Å². The molecule has 0 spiro atoms. The molecule has 3 aromatic rings. The average molecular weight is 511 g/mol. The van der Waals surface area contributed by atoms with Crippen LogP contribution in [0.25, 0.3) is 0 Å². The van der Waals surface area contributed by atoms with Crippen LogP contribution < -0.4 is 28.4 Å². The van der Waals surface area contributed by atoms with Gasteiger partial charge in [-0.1, -0.05) is 0 Å². The van der Waals surface area contributed by atoms with Crippen molar-refractivity contribution >= 4 is 5.97 Å². The van der Waals surface area contributed by atoms with Crippen molar-refractivity contribution in [2.75, 3.05) is 42.7 Å². The highest BCUT2D eigenvalue weighted by Crippen LogP contribution is 2.38. The number of rotatable bonds is 13. The second-order valence-electron chi connectivity index (χ2n) is 8.78. The van der Waals surface area contributed by atoms with E-state index >= 15 is 0 Å². The van der Waals surface area contributed by atoms with Gasteiger partial charge in [0, 0.05) is 18.2 Å². The quantitative estimate of drug-likeness (QED) is 0.349. The Morgan fingerprint density at radius 1 is 0.514 bits per heavy atom. The fourth-order valence-electron chi connectivity index (χ4n) is 4.49. The minimum atomic E-state index is -1.26. The lowest BCUT2D eigenvalue weighted by atomic mass is 9.72. The van der Waals surface area contributed by atoms with Crippen molar-refractivity contribution in [1.29, 1.82) is 0 Å². The largest absolute Gasteiger partial charge is 0.497 e. The number of carbonyl (C=O) groups is 1. The second-order valence-corrected chi connectivity index (χ2v) is 8.78. The SMILES string of the molecule is COc1cc(CC(Cc2cc(OC)cc(OC)c2)(Cc2cc(OC)cc(OC)c2)C(=O)O)cc(OC)c1. The molecule has 0 aromatic heterocycles. The molecule has 0 aliphatic rings. The third-order valence-electron chi connectivity index (χ3n) is 6.31. The van der Waals surface area contributed by atoms with E-state index in [9.17, 15) is 9.90 Å². The number of aliphatic carboxylic acids is 1. The summed E-state index contributed by atoms with van der Waals surface area (Å²) in [6, 6.07) is 16.3. The van der Waals surface area contributed by atoms with Crippen molar-refractivity contribution in [1.82, 2.24) is 0 Å². The Hall–Kier alpha value is -4.07. The van der Waals surface area contributed by atoms with Gasteiger partial charge in [-0.2, -0.15) is 0 Å². The molecule has 0 aliphatic carbocycles. The number of hydrogen-bond donors (Lipinski definition) is 1. The fourth-order valence-corrected chi connectivity index (χ4v) is 4.49. The van der Waals surface area contributed by atoms with Crippen molar-refractivity contribution in [3.8, 4) is 34.5 Å². The number of ether oxygens (including phenoxy) is 6. The molecule has 0 aliphatic heterocycles. The number of hydrogen-bond acceptors (Lipinski definition) is 7. The van der Waals surface area contributed by atoms with Gasteiger partial charge in [-0.05, 0) is 72.4 Å². The highest BCUT2D eigenvalue weighted by atomic mass is 16.5. The van der Waals surface area contributed by atoms with Gasteiger partial charge in [0.2, 0.25) is 0 Å². The molecule has 198 valence electrons. The maximum atomic E-state index is 13.2. The van der Waals surface area contributed by atoms with E-state index in [0.717, 1.165) is 16.7 Å². The summed E-state index contributed by atoms with van der Waals surface area (Å²) in [4.78, 5) is 13.2. The van der Waals surface area contributed by atoms with Gasteiger partial charge in [0.05, 0.1) is 48.1 Å². The third-order valence-corrected chi connectivity index (χ3v) is 6.31. The lowest BCUT2D eigenvalue weighted by Crippen LogP contribution is -2.38. The van der Waals surface area contributed by atoms with Gasteiger partial charge in [0.15, 0.2) is 0 Å². The van der Waals surface area contributed by atoms with E-state index in [2.05, 4.69) is 0 Å². The molecule has 0 unspecified atom stereocenters. The fraction of sp³-hybridized carbons (Fsp3) is 0.345. The summed E-state index contributed by atoms with van der Waals surface area (Å²) < 4.78 is 32.6. The van der Waals surface area contributed by atoms with Crippen molar-refractivity contribution in [2.45, 2.75) is 19.3 Å². The Labute approximate surface area is 217 Å². The lowest BCUT2D eigenvalue weighted by molar-refractivity contribution is -0.149. The maximum Gasteiger partial charge on any atom is 0.310 e. The van der Waals surface area contributed by atoms with Crippen molar-refractivity contribution < 1.29 is 38.3 Å². The van der Waals surface area contributed by atoms with Crippen LogP contribution in [0.15, 0.2) is 54.6 Å². The molecule has 0 radical (unpaired) electrons. The Morgan fingerprint density at radius 3 is 0.892 bits per heavy atom. The standard InChI is InChI=1S/C29H34O8/c1-32-22-7-19(8-23(13-22)33-2)16-29(28(30)31,17-20-9-24(34-3)14-25(10-20)35-4)18-21-11-26(36-5)15-27(12-21)37-6/h7-15H,16-18H2,1-6H3,(H,30,31). The first-order valence-corrected chi connectivity index (χ1v) is 11.7. The van der Waals surface area contributed by atoms with E-state index in [1.54, 1.807) is 60.9 Å². The van der Waals surface area contributed by atoms with Gasteiger partial charge in [-0.3, -0.25) is 4.79 Å². The van der Waals surface area contributed by atoms with Crippen molar-refractivity contribution in [2.24, 2.45) is 5.41 Å². The highest BCUT2D eigenvalue weighted by molar-refractivity contribution is 5.76. The molecule has 8 nitrogen and oxygen atoms in total. The summed E-state index contributed by atoms with van der Waals surface area (Å²) in [6.07, 6.45) is 0.610. The minimum absolute atomic E-state index is 0.203. The van der Waals surface area contributed by atoms with Crippen LogP contribution in [0.2, 0.25) is 0 Å². The highest BCUT2D eigenvalue weighted by Gasteiger charge is 2.40. The van der Waals surface area contributed by atoms with Crippen LogP contribution in [0.3, 0.4) is 0 Å².